The van der Waals surface area contributed by atoms with E-state index in [0.29, 0.717) is 6.07 Å². The average Bonchev–Trinajstić information content (AvgIpc) is 2.70. The standard InChI is InChI=1S/C21H18F2N2O4/c22-12-9-10-18(16(23)11-12)25-20(27)15-7-3-4-8-17(15)24-19(26)13-5-1-2-6-14(13)21(28)29/h1-4,7-11,13-14H,5-6H2,(H,24,26)(H,25,27)(H,28,29)/p-1/t13-,14+/m0/s1. The summed E-state index contributed by atoms with van der Waals surface area (Å²) in [6, 6.07) is 8.76. The monoisotopic (exact) mass is 399 g/mol. The number of benzene rings is 2. The van der Waals surface area contributed by atoms with Gasteiger partial charge in [0.15, 0.2) is 0 Å². The van der Waals surface area contributed by atoms with Crippen LogP contribution in [0.1, 0.15) is 23.2 Å². The number of allylic oxidation sites excluding steroid dienone is 2. The fourth-order valence-corrected chi connectivity index (χ4v) is 3.16. The van der Waals surface area contributed by atoms with Gasteiger partial charge in [0.05, 0.1) is 22.9 Å². The molecule has 2 aromatic carbocycles. The average molecular weight is 399 g/mol. The molecule has 150 valence electrons. The molecule has 0 saturated carbocycles. The molecule has 0 unspecified atom stereocenters. The van der Waals surface area contributed by atoms with Crippen molar-refractivity contribution in [3.8, 4) is 0 Å². The maximum atomic E-state index is 13.8. The molecule has 0 spiro atoms. The van der Waals surface area contributed by atoms with Crippen molar-refractivity contribution in [1.29, 1.82) is 0 Å². The number of hydrogen-bond donors (Lipinski definition) is 2. The van der Waals surface area contributed by atoms with Crippen LogP contribution in [0, 0.1) is 23.5 Å². The summed E-state index contributed by atoms with van der Waals surface area (Å²) in [4.78, 5) is 36.5. The summed E-state index contributed by atoms with van der Waals surface area (Å²) >= 11 is 0. The Morgan fingerprint density at radius 2 is 1.59 bits per heavy atom. The summed E-state index contributed by atoms with van der Waals surface area (Å²) in [5.74, 6) is -6.11. The first kappa shape index (κ1) is 20.2. The predicted molar refractivity (Wildman–Crippen MR) is 99.7 cm³/mol. The second kappa shape index (κ2) is 8.64. The van der Waals surface area contributed by atoms with Crippen molar-refractivity contribution >= 4 is 29.2 Å². The number of amides is 2. The highest BCUT2D eigenvalue weighted by Crippen LogP contribution is 2.27. The maximum absolute atomic E-state index is 13.8. The smallest absolute Gasteiger partial charge is 0.257 e. The lowest BCUT2D eigenvalue weighted by atomic mass is 9.82. The lowest BCUT2D eigenvalue weighted by molar-refractivity contribution is -0.313. The molecule has 0 heterocycles. The van der Waals surface area contributed by atoms with Crippen molar-refractivity contribution in [2.45, 2.75) is 12.8 Å². The molecule has 8 heteroatoms. The summed E-state index contributed by atoms with van der Waals surface area (Å²) in [7, 11) is 0. The molecular formula is C21H17F2N2O4-. The predicted octanol–water partition coefficient (Wildman–Crippen LogP) is 2.49. The Kier molecular flexibility index (Phi) is 6.01. The fourth-order valence-electron chi connectivity index (χ4n) is 3.16. The van der Waals surface area contributed by atoms with Crippen molar-refractivity contribution in [3.05, 3.63) is 71.8 Å². The molecule has 0 fully saturated rings. The Morgan fingerprint density at radius 3 is 2.28 bits per heavy atom. The quantitative estimate of drug-likeness (QED) is 0.755. The molecular weight excluding hydrogens is 382 g/mol. The number of anilines is 2. The SMILES string of the molecule is O=C(Nc1ccc(F)cc1F)c1ccccc1NC(=O)[C@H]1CC=CC[C@H]1C(=O)[O-]. The van der Waals surface area contributed by atoms with E-state index in [1.54, 1.807) is 24.3 Å². The van der Waals surface area contributed by atoms with Gasteiger partial charge in [-0.15, -0.1) is 0 Å². The van der Waals surface area contributed by atoms with Crippen LogP contribution in [0.4, 0.5) is 20.2 Å². The van der Waals surface area contributed by atoms with Crippen LogP contribution in [-0.4, -0.2) is 17.8 Å². The number of carbonyl (C=O) groups excluding carboxylic acids is 3. The normalized spacial score (nSPS) is 18.1. The third-order valence-corrected chi connectivity index (χ3v) is 4.68. The number of nitrogens with one attached hydrogen (secondary N) is 2. The highest BCUT2D eigenvalue weighted by molar-refractivity contribution is 6.10. The van der Waals surface area contributed by atoms with Crippen molar-refractivity contribution in [1.82, 2.24) is 0 Å². The molecule has 2 amide bonds. The van der Waals surface area contributed by atoms with E-state index in [2.05, 4.69) is 10.6 Å². The Bertz CT molecular complexity index is 990. The van der Waals surface area contributed by atoms with Crippen LogP contribution in [-0.2, 0) is 9.59 Å². The van der Waals surface area contributed by atoms with E-state index in [4.69, 9.17) is 0 Å². The van der Waals surface area contributed by atoms with Gasteiger partial charge >= 0.3 is 0 Å². The van der Waals surface area contributed by atoms with E-state index in [9.17, 15) is 28.3 Å². The molecule has 2 N–H and O–H groups in total. The second-order valence-electron chi connectivity index (χ2n) is 6.59. The highest BCUT2D eigenvalue weighted by Gasteiger charge is 2.30. The lowest BCUT2D eigenvalue weighted by Crippen LogP contribution is -2.41. The zero-order valence-corrected chi connectivity index (χ0v) is 15.2. The van der Waals surface area contributed by atoms with E-state index in [0.717, 1.165) is 12.1 Å². The van der Waals surface area contributed by atoms with Crippen LogP contribution in [0.25, 0.3) is 0 Å². The summed E-state index contributed by atoms with van der Waals surface area (Å²) in [5.41, 5.74) is -0.0305. The van der Waals surface area contributed by atoms with Gasteiger partial charge in [-0.1, -0.05) is 24.3 Å². The molecule has 0 bridgehead atoms. The second-order valence-corrected chi connectivity index (χ2v) is 6.59. The van der Waals surface area contributed by atoms with Crippen LogP contribution in [0.5, 0.6) is 0 Å². The zero-order chi connectivity index (χ0) is 21.0. The van der Waals surface area contributed by atoms with Crippen LogP contribution in [0.2, 0.25) is 0 Å². The fraction of sp³-hybridized carbons (Fsp3) is 0.190. The van der Waals surface area contributed by atoms with Gasteiger partial charge in [0.25, 0.3) is 5.91 Å². The van der Waals surface area contributed by atoms with Gasteiger partial charge in [0, 0.05) is 18.0 Å². The number of para-hydroxylation sites is 1. The van der Waals surface area contributed by atoms with Crippen LogP contribution < -0.4 is 15.7 Å². The van der Waals surface area contributed by atoms with E-state index < -0.39 is 41.3 Å². The van der Waals surface area contributed by atoms with Crippen molar-refractivity contribution in [2.75, 3.05) is 10.6 Å². The number of halogens is 2. The van der Waals surface area contributed by atoms with E-state index >= 15 is 0 Å². The molecule has 1 aliphatic carbocycles. The van der Waals surface area contributed by atoms with Gasteiger partial charge in [-0.3, -0.25) is 9.59 Å². The van der Waals surface area contributed by atoms with E-state index in [-0.39, 0.29) is 29.8 Å². The molecule has 0 saturated heterocycles. The summed E-state index contributed by atoms with van der Waals surface area (Å²) < 4.78 is 26.8. The molecule has 1 aliphatic rings. The third kappa shape index (κ3) is 4.66. The van der Waals surface area contributed by atoms with Crippen molar-refractivity contribution in [2.24, 2.45) is 11.8 Å². The maximum Gasteiger partial charge on any atom is 0.257 e. The van der Waals surface area contributed by atoms with E-state index in [1.165, 1.54) is 12.1 Å². The Hall–Kier alpha value is -3.55. The molecule has 3 rings (SSSR count). The first-order valence-electron chi connectivity index (χ1n) is 8.89. The molecule has 2 atom stereocenters. The van der Waals surface area contributed by atoms with Gasteiger partial charge in [-0.2, -0.15) is 0 Å². The van der Waals surface area contributed by atoms with Gasteiger partial charge in [-0.25, -0.2) is 8.78 Å². The van der Waals surface area contributed by atoms with Gasteiger partial charge in [0.1, 0.15) is 11.6 Å². The van der Waals surface area contributed by atoms with Crippen LogP contribution in [0.15, 0.2) is 54.6 Å². The minimum absolute atomic E-state index is 0.0425. The van der Waals surface area contributed by atoms with Gasteiger partial charge in [0.2, 0.25) is 5.91 Å². The number of aliphatic carboxylic acids is 1. The zero-order valence-electron chi connectivity index (χ0n) is 15.2. The minimum Gasteiger partial charge on any atom is -0.550 e. The highest BCUT2D eigenvalue weighted by atomic mass is 19.1. The number of carboxylic acid groups (broad SMARTS) is 1. The topological polar surface area (TPSA) is 98.3 Å². The largest absolute Gasteiger partial charge is 0.550 e. The minimum atomic E-state index is -1.31. The molecule has 0 aliphatic heterocycles. The molecule has 29 heavy (non-hydrogen) atoms. The molecule has 6 nitrogen and oxygen atoms in total. The first-order chi connectivity index (χ1) is 13.9. The molecule has 2 aromatic rings. The number of hydrogen-bond acceptors (Lipinski definition) is 4. The summed E-state index contributed by atoms with van der Waals surface area (Å²) in [5, 5.41) is 16.2. The van der Waals surface area contributed by atoms with Crippen molar-refractivity contribution in [3.63, 3.8) is 0 Å². The van der Waals surface area contributed by atoms with Gasteiger partial charge < -0.3 is 20.5 Å². The van der Waals surface area contributed by atoms with Crippen LogP contribution >= 0.6 is 0 Å². The summed E-state index contributed by atoms with van der Waals surface area (Å²) in [6.45, 7) is 0. The van der Waals surface area contributed by atoms with Gasteiger partial charge in [-0.05, 0) is 37.1 Å². The third-order valence-electron chi connectivity index (χ3n) is 4.68. The van der Waals surface area contributed by atoms with Crippen LogP contribution in [0.3, 0.4) is 0 Å². The molecule has 0 radical (unpaired) electrons. The van der Waals surface area contributed by atoms with Crippen molar-refractivity contribution < 1.29 is 28.3 Å². The Morgan fingerprint density at radius 1 is 0.897 bits per heavy atom. The van der Waals surface area contributed by atoms with E-state index in [1.807, 2.05) is 0 Å². The summed E-state index contributed by atoms with van der Waals surface area (Å²) in [6.07, 6.45) is 3.83. The number of carboxylic acids is 1. The Labute approximate surface area is 165 Å². The number of rotatable bonds is 5. The first-order valence-corrected chi connectivity index (χ1v) is 8.89. The Balaban J connectivity index is 1.79. The lowest BCUT2D eigenvalue weighted by Gasteiger charge is -2.28. The molecule has 0 aromatic heterocycles. The number of carbonyl (C=O) groups is 3.